The van der Waals surface area contributed by atoms with E-state index in [4.69, 9.17) is 16.1 Å². The lowest BCUT2D eigenvalue weighted by molar-refractivity contribution is 0.432. The van der Waals surface area contributed by atoms with Gasteiger partial charge in [-0.1, -0.05) is 46.6 Å². The number of rotatable bonds is 2. The maximum atomic E-state index is 6.00. The van der Waals surface area contributed by atoms with E-state index in [1.165, 1.54) is 5.56 Å². The van der Waals surface area contributed by atoms with E-state index >= 15 is 0 Å². The Labute approximate surface area is 115 Å². The lowest BCUT2D eigenvalue weighted by Crippen LogP contribution is -1.83. The van der Waals surface area contributed by atoms with Gasteiger partial charge in [0.15, 0.2) is 0 Å². The maximum Gasteiger partial charge on any atom is 0.261 e. The summed E-state index contributed by atoms with van der Waals surface area (Å²) in [5.74, 6) is 0.906. The first-order valence-electron chi connectivity index (χ1n) is 5.76. The molecule has 2 heterocycles. The summed E-state index contributed by atoms with van der Waals surface area (Å²) in [5, 5.41) is 4.31. The third-order valence-electron chi connectivity index (χ3n) is 2.73. The van der Waals surface area contributed by atoms with Gasteiger partial charge in [-0.05, 0) is 19.1 Å². The second-order valence-electron chi connectivity index (χ2n) is 4.13. The Balaban J connectivity index is 2.00. The fourth-order valence-corrected chi connectivity index (χ4v) is 1.90. The number of halogens is 1. The van der Waals surface area contributed by atoms with Crippen molar-refractivity contribution in [1.29, 1.82) is 0 Å². The van der Waals surface area contributed by atoms with Crippen LogP contribution in [0.15, 0.2) is 47.1 Å². The first-order valence-corrected chi connectivity index (χ1v) is 6.13. The summed E-state index contributed by atoms with van der Waals surface area (Å²) in [4.78, 5) is 8.33. The molecule has 3 aromatic rings. The Bertz CT molecular complexity index is 707. The number of nitrogens with zero attached hydrogens (tertiary/aromatic N) is 3. The van der Waals surface area contributed by atoms with Crippen LogP contribution in [0.1, 0.15) is 5.56 Å². The first kappa shape index (κ1) is 11.9. The highest BCUT2D eigenvalue weighted by Gasteiger charge is 2.13. The molecular formula is C14H10ClN3O. The Morgan fingerprint density at radius 3 is 2.63 bits per heavy atom. The Hall–Kier alpha value is -2.20. The summed E-state index contributed by atoms with van der Waals surface area (Å²) in [6, 6.07) is 11.5. The van der Waals surface area contributed by atoms with Crippen molar-refractivity contribution in [1.82, 2.24) is 15.1 Å². The van der Waals surface area contributed by atoms with Crippen LogP contribution in [0.3, 0.4) is 0 Å². The number of hydrogen-bond donors (Lipinski definition) is 0. The zero-order chi connectivity index (χ0) is 13.2. The molecule has 0 saturated heterocycles. The first-order chi connectivity index (χ1) is 9.24. The van der Waals surface area contributed by atoms with Crippen LogP contribution in [0.2, 0.25) is 5.15 Å². The minimum Gasteiger partial charge on any atom is -0.333 e. The van der Waals surface area contributed by atoms with Crippen LogP contribution < -0.4 is 0 Å². The van der Waals surface area contributed by atoms with Crippen LogP contribution in [0, 0.1) is 6.92 Å². The number of hydrogen-bond acceptors (Lipinski definition) is 4. The average Bonchev–Trinajstić information content (AvgIpc) is 2.89. The molecule has 0 fully saturated rings. The van der Waals surface area contributed by atoms with Crippen molar-refractivity contribution >= 4 is 11.6 Å². The highest BCUT2D eigenvalue weighted by atomic mass is 35.5. The average molecular weight is 272 g/mol. The third kappa shape index (κ3) is 2.35. The Kier molecular flexibility index (Phi) is 3.01. The minimum atomic E-state index is 0.349. The predicted molar refractivity (Wildman–Crippen MR) is 72.7 cm³/mol. The lowest BCUT2D eigenvalue weighted by Gasteiger charge is -1.95. The molecule has 0 unspecified atom stereocenters. The van der Waals surface area contributed by atoms with Crippen molar-refractivity contribution in [3.63, 3.8) is 0 Å². The molecule has 0 saturated carbocycles. The van der Waals surface area contributed by atoms with E-state index < -0.39 is 0 Å². The molecule has 2 aromatic heterocycles. The van der Waals surface area contributed by atoms with E-state index in [2.05, 4.69) is 15.1 Å². The number of benzene rings is 1. The molecule has 0 aliphatic heterocycles. The maximum absolute atomic E-state index is 6.00. The molecule has 1 aromatic carbocycles. The Morgan fingerprint density at radius 1 is 1.11 bits per heavy atom. The van der Waals surface area contributed by atoms with Crippen molar-refractivity contribution in [2.75, 3.05) is 0 Å². The number of pyridine rings is 1. The quantitative estimate of drug-likeness (QED) is 0.666. The molecule has 4 nitrogen and oxygen atoms in total. The number of aryl methyl sites for hydroxylation is 1. The van der Waals surface area contributed by atoms with E-state index in [0.717, 1.165) is 5.56 Å². The van der Waals surface area contributed by atoms with Gasteiger partial charge < -0.3 is 4.52 Å². The van der Waals surface area contributed by atoms with Gasteiger partial charge in [-0.25, -0.2) is 4.98 Å². The van der Waals surface area contributed by atoms with Crippen molar-refractivity contribution in [3.8, 4) is 22.8 Å². The summed E-state index contributed by atoms with van der Waals surface area (Å²) < 4.78 is 5.23. The monoisotopic (exact) mass is 271 g/mol. The summed E-state index contributed by atoms with van der Waals surface area (Å²) in [7, 11) is 0. The van der Waals surface area contributed by atoms with Crippen molar-refractivity contribution in [2.45, 2.75) is 6.92 Å². The largest absolute Gasteiger partial charge is 0.333 e. The van der Waals surface area contributed by atoms with Crippen molar-refractivity contribution in [3.05, 3.63) is 53.3 Å². The summed E-state index contributed by atoms with van der Waals surface area (Å²) in [6.45, 7) is 2.03. The molecule has 0 bridgehead atoms. The molecule has 3 rings (SSSR count). The fraction of sp³-hybridized carbons (Fsp3) is 0.0714. The molecule has 0 radical (unpaired) electrons. The van der Waals surface area contributed by atoms with Crippen LogP contribution in [0.25, 0.3) is 22.8 Å². The van der Waals surface area contributed by atoms with Gasteiger partial charge in [-0.2, -0.15) is 4.98 Å². The molecule has 0 aliphatic carbocycles. The van der Waals surface area contributed by atoms with Gasteiger partial charge in [0.05, 0.1) is 5.56 Å². The van der Waals surface area contributed by atoms with E-state index in [1.807, 2.05) is 31.2 Å². The van der Waals surface area contributed by atoms with Gasteiger partial charge in [-0.15, -0.1) is 0 Å². The van der Waals surface area contributed by atoms with E-state index in [0.29, 0.717) is 22.4 Å². The standard InChI is InChI=1S/C14H10ClN3O/c1-9-4-6-10(7-5-9)13-17-14(19-18-13)11-3-2-8-16-12(11)15/h2-8H,1H3. The molecule has 0 N–H and O–H groups in total. The molecule has 0 atom stereocenters. The van der Waals surface area contributed by atoms with Crippen LogP contribution in [-0.4, -0.2) is 15.1 Å². The van der Waals surface area contributed by atoms with Crippen molar-refractivity contribution < 1.29 is 4.52 Å². The fourth-order valence-electron chi connectivity index (χ4n) is 1.70. The van der Waals surface area contributed by atoms with Crippen LogP contribution in [0.5, 0.6) is 0 Å². The smallest absolute Gasteiger partial charge is 0.261 e. The van der Waals surface area contributed by atoms with Gasteiger partial charge in [0.1, 0.15) is 5.15 Å². The highest BCUT2D eigenvalue weighted by Crippen LogP contribution is 2.26. The van der Waals surface area contributed by atoms with Gasteiger partial charge in [0.25, 0.3) is 5.89 Å². The zero-order valence-corrected chi connectivity index (χ0v) is 10.9. The summed E-state index contributed by atoms with van der Waals surface area (Å²) in [5.41, 5.74) is 2.72. The van der Waals surface area contributed by atoms with E-state index in [1.54, 1.807) is 18.3 Å². The lowest BCUT2D eigenvalue weighted by atomic mass is 10.1. The van der Waals surface area contributed by atoms with Crippen LogP contribution >= 0.6 is 11.6 Å². The number of aromatic nitrogens is 3. The summed E-state index contributed by atoms with van der Waals surface area (Å²) >= 11 is 6.00. The molecule has 0 spiro atoms. The van der Waals surface area contributed by atoms with Crippen molar-refractivity contribution in [2.24, 2.45) is 0 Å². The highest BCUT2D eigenvalue weighted by molar-refractivity contribution is 6.31. The van der Waals surface area contributed by atoms with Gasteiger partial charge in [0.2, 0.25) is 5.82 Å². The van der Waals surface area contributed by atoms with Gasteiger partial charge in [0, 0.05) is 11.8 Å². The molecule has 0 aliphatic rings. The zero-order valence-electron chi connectivity index (χ0n) is 10.2. The summed E-state index contributed by atoms with van der Waals surface area (Å²) in [6.07, 6.45) is 1.61. The molecular weight excluding hydrogens is 262 g/mol. The molecule has 19 heavy (non-hydrogen) atoms. The van der Waals surface area contributed by atoms with E-state index in [-0.39, 0.29) is 0 Å². The van der Waals surface area contributed by atoms with Crippen LogP contribution in [-0.2, 0) is 0 Å². The molecule has 0 amide bonds. The van der Waals surface area contributed by atoms with Gasteiger partial charge in [-0.3, -0.25) is 0 Å². The molecule has 5 heteroatoms. The third-order valence-corrected chi connectivity index (χ3v) is 3.03. The second kappa shape index (κ2) is 4.82. The normalized spacial score (nSPS) is 10.6. The van der Waals surface area contributed by atoms with E-state index in [9.17, 15) is 0 Å². The molecule has 94 valence electrons. The second-order valence-corrected chi connectivity index (χ2v) is 4.49. The SMILES string of the molecule is Cc1ccc(-c2noc(-c3cccnc3Cl)n2)cc1. The van der Waals surface area contributed by atoms with Gasteiger partial charge >= 0.3 is 0 Å². The topological polar surface area (TPSA) is 51.8 Å². The van der Waals surface area contributed by atoms with Crippen LogP contribution in [0.4, 0.5) is 0 Å². The minimum absolute atomic E-state index is 0.349. The predicted octanol–water partition coefficient (Wildman–Crippen LogP) is 3.76. The Morgan fingerprint density at radius 2 is 1.89 bits per heavy atom.